The second-order valence-electron chi connectivity index (χ2n) is 5.94. The lowest BCUT2D eigenvalue weighted by Gasteiger charge is -2.26. The van der Waals surface area contributed by atoms with Gasteiger partial charge in [0.1, 0.15) is 5.82 Å². The average molecular weight is 292 g/mol. The highest BCUT2D eigenvalue weighted by molar-refractivity contribution is 5.95. The number of nitrogens with one attached hydrogen (secondary N) is 2. The van der Waals surface area contributed by atoms with Crippen LogP contribution in [-0.4, -0.2) is 28.1 Å². The zero-order valence-corrected chi connectivity index (χ0v) is 12.6. The van der Waals surface area contributed by atoms with Crippen LogP contribution in [0.4, 0.5) is 5.82 Å². The maximum absolute atomic E-state index is 12.4. The summed E-state index contributed by atoms with van der Waals surface area (Å²) in [5.74, 6) is 6.01. The molecule has 1 fully saturated rings. The number of hydrogen-bond acceptors (Lipinski definition) is 5. The molecule has 0 atom stereocenters. The van der Waals surface area contributed by atoms with Crippen molar-refractivity contribution < 1.29 is 9.90 Å². The van der Waals surface area contributed by atoms with E-state index in [1.807, 2.05) is 13.8 Å². The van der Waals surface area contributed by atoms with Crippen molar-refractivity contribution in [1.29, 1.82) is 0 Å². The molecule has 0 saturated heterocycles. The van der Waals surface area contributed by atoms with Crippen LogP contribution in [0.3, 0.4) is 0 Å². The van der Waals surface area contributed by atoms with Crippen molar-refractivity contribution in [3.63, 3.8) is 0 Å². The maximum atomic E-state index is 12.4. The lowest BCUT2D eigenvalue weighted by molar-refractivity contribution is 0.0867. The van der Waals surface area contributed by atoms with Crippen LogP contribution in [0, 0.1) is 0 Å². The van der Waals surface area contributed by atoms with Gasteiger partial charge in [0.25, 0.3) is 5.91 Å². The third-order valence-corrected chi connectivity index (χ3v) is 3.88. The monoisotopic (exact) mass is 292 g/mol. The van der Waals surface area contributed by atoms with E-state index in [4.69, 9.17) is 5.84 Å². The third kappa shape index (κ3) is 4.15. The van der Waals surface area contributed by atoms with Crippen molar-refractivity contribution in [3.05, 3.63) is 23.4 Å². The number of hydrogen-bond donors (Lipinski definition) is 4. The van der Waals surface area contributed by atoms with Gasteiger partial charge < -0.3 is 15.8 Å². The van der Waals surface area contributed by atoms with Gasteiger partial charge in [0, 0.05) is 17.3 Å². The van der Waals surface area contributed by atoms with E-state index in [9.17, 15) is 9.90 Å². The summed E-state index contributed by atoms with van der Waals surface area (Å²) >= 11 is 0. The molecule has 0 aromatic carbocycles. The highest BCUT2D eigenvalue weighted by Crippen LogP contribution is 2.20. The largest absolute Gasteiger partial charge is 0.393 e. The van der Waals surface area contributed by atoms with Gasteiger partial charge in [-0.1, -0.05) is 13.8 Å². The van der Waals surface area contributed by atoms with E-state index in [1.165, 1.54) is 0 Å². The van der Waals surface area contributed by atoms with Gasteiger partial charge >= 0.3 is 0 Å². The molecular weight excluding hydrogens is 268 g/mol. The Kier molecular flexibility index (Phi) is 5.14. The number of nitrogens with zero attached hydrogens (tertiary/aromatic N) is 1. The summed E-state index contributed by atoms with van der Waals surface area (Å²) in [5.41, 5.74) is 3.89. The maximum Gasteiger partial charge on any atom is 0.251 e. The topological polar surface area (TPSA) is 100 Å². The molecule has 1 aliphatic rings. The molecule has 0 aliphatic heterocycles. The highest BCUT2D eigenvalue weighted by atomic mass is 16.3. The number of amides is 1. The molecule has 0 bridgehead atoms. The molecular formula is C15H24N4O2. The van der Waals surface area contributed by atoms with Gasteiger partial charge in [0.15, 0.2) is 0 Å². The first kappa shape index (κ1) is 15.7. The first-order chi connectivity index (χ1) is 9.99. The Hall–Kier alpha value is -1.66. The van der Waals surface area contributed by atoms with E-state index >= 15 is 0 Å². The fourth-order valence-corrected chi connectivity index (χ4v) is 2.54. The number of aliphatic hydroxyl groups is 1. The summed E-state index contributed by atoms with van der Waals surface area (Å²) in [7, 11) is 0. The Morgan fingerprint density at radius 2 is 2.00 bits per heavy atom. The van der Waals surface area contributed by atoms with E-state index in [1.54, 1.807) is 12.1 Å². The van der Waals surface area contributed by atoms with Crippen LogP contribution in [0.5, 0.6) is 0 Å². The molecule has 1 amide bonds. The minimum atomic E-state index is -0.223. The molecule has 1 saturated carbocycles. The van der Waals surface area contributed by atoms with Crippen LogP contribution in [0.1, 0.15) is 61.5 Å². The van der Waals surface area contributed by atoms with Crippen LogP contribution >= 0.6 is 0 Å². The summed E-state index contributed by atoms with van der Waals surface area (Å²) in [6.45, 7) is 4.04. The summed E-state index contributed by atoms with van der Waals surface area (Å²) in [6, 6.07) is 3.59. The number of rotatable bonds is 4. The van der Waals surface area contributed by atoms with E-state index in [2.05, 4.69) is 15.7 Å². The first-order valence-electron chi connectivity index (χ1n) is 7.47. The molecule has 1 aliphatic carbocycles. The predicted octanol–water partition coefficient (Wildman–Crippen LogP) is 1.52. The van der Waals surface area contributed by atoms with E-state index in [-0.39, 0.29) is 24.0 Å². The summed E-state index contributed by atoms with van der Waals surface area (Å²) in [5, 5.41) is 12.5. The number of nitrogen functional groups attached to an aromatic ring is 1. The standard InChI is InChI=1S/C15H24N4O2/c1-9(2)13-7-10(8-14(18-13)19-16)15(21)17-11-3-5-12(20)6-4-11/h7-9,11-12,20H,3-6,16H2,1-2H3,(H,17,21)(H,18,19). The van der Waals surface area contributed by atoms with Crippen LogP contribution in [0.15, 0.2) is 12.1 Å². The Morgan fingerprint density at radius 1 is 1.33 bits per heavy atom. The van der Waals surface area contributed by atoms with Crippen molar-refractivity contribution in [3.8, 4) is 0 Å². The highest BCUT2D eigenvalue weighted by Gasteiger charge is 2.21. The van der Waals surface area contributed by atoms with Crippen molar-refractivity contribution in [2.24, 2.45) is 5.84 Å². The van der Waals surface area contributed by atoms with Gasteiger partial charge in [-0.05, 0) is 43.7 Å². The van der Waals surface area contributed by atoms with E-state index in [0.29, 0.717) is 11.4 Å². The minimum Gasteiger partial charge on any atom is -0.393 e. The number of carbonyl (C=O) groups is 1. The Labute approximate surface area is 125 Å². The molecule has 5 N–H and O–H groups in total. The molecule has 0 unspecified atom stereocenters. The molecule has 21 heavy (non-hydrogen) atoms. The summed E-state index contributed by atoms with van der Waals surface area (Å²) < 4.78 is 0. The van der Waals surface area contributed by atoms with Gasteiger partial charge in [-0.15, -0.1) is 0 Å². The molecule has 116 valence electrons. The zero-order chi connectivity index (χ0) is 15.4. The SMILES string of the molecule is CC(C)c1cc(C(=O)NC2CCC(O)CC2)cc(NN)n1. The fourth-order valence-electron chi connectivity index (χ4n) is 2.54. The van der Waals surface area contributed by atoms with Crippen molar-refractivity contribution in [2.75, 3.05) is 5.43 Å². The number of carbonyl (C=O) groups excluding carboxylic acids is 1. The first-order valence-corrected chi connectivity index (χ1v) is 7.47. The second-order valence-corrected chi connectivity index (χ2v) is 5.94. The fraction of sp³-hybridized carbons (Fsp3) is 0.600. The van der Waals surface area contributed by atoms with Gasteiger partial charge in [-0.25, -0.2) is 10.8 Å². The van der Waals surface area contributed by atoms with E-state index in [0.717, 1.165) is 31.4 Å². The number of aromatic nitrogens is 1. The number of pyridine rings is 1. The normalized spacial score (nSPS) is 22.1. The molecule has 0 spiro atoms. The van der Waals surface area contributed by atoms with Crippen molar-refractivity contribution >= 4 is 11.7 Å². The average Bonchev–Trinajstić information content (AvgIpc) is 2.49. The second kappa shape index (κ2) is 6.87. The van der Waals surface area contributed by atoms with Crippen LogP contribution in [-0.2, 0) is 0 Å². The number of anilines is 1. The summed E-state index contributed by atoms with van der Waals surface area (Å²) in [6.07, 6.45) is 2.90. The smallest absolute Gasteiger partial charge is 0.251 e. The number of aliphatic hydroxyl groups excluding tert-OH is 1. The lowest BCUT2D eigenvalue weighted by atomic mass is 9.93. The number of nitrogens with two attached hydrogens (primary N) is 1. The minimum absolute atomic E-state index is 0.114. The van der Waals surface area contributed by atoms with Crippen LogP contribution in [0.25, 0.3) is 0 Å². The third-order valence-electron chi connectivity index (χ3n) is 3.88. The van der Waals surface area contributed by atoms with Gasteiger partial charge in [-0.3, -0.25) is 4.79 Å². The van der Waals surface area contributed by atoms with Crippen molar-refractivity contribution in [1.82, 2.24) is 10.3 Å². The Balaban J connectivity index is 2.09. The molecule has 6 heteroatoms. The molecule has 2 rings (SSSR count). The Bertz CT molecular complexity index is 496. The molecule has 6 nitrogen and oxygen atoms in total. The quantitative estimate of drug-likeness (QED) is 0.498. The summed E-state index contributed by atoms with van der Waals surface area (Å²) in [4.78, 5) is 16.7. The van der Waals surface area contributed by atoms with Crippen LogP contribution < -0.4 is 16.6 Å². The van der Waals surface area contributed by atoms with Gasteiger partial charge in [0.2, 0.25) is 0 Å². The molecule has 0 radical (unpaired) electrons. The van der Waals surface area contributed by atoms with E-state index < -0.39 is 0 Å². The van der Waals surface area contributed by atoms with Gasteiger partial charge in [0.05, 0.1) is 6.10 Å². The van der Waals surface area contributed by atoms with Crippen LogP contribution in [0.2, 0.25) is 0 Å². The zero-order valence-electron chi connectivity index (χ0n) is 12.6. The lowest BCUT2D eigenvalue weighted by Crippen LogP contribution is -2.38. The van der Waals surface area contributed by atoms with Gasteiger partial charge in [-0.2, -0.15) is 0 Å². The molecule has 1 heterocycles. The number of hydrazine groups is 1. The Morgan fingerprint density at radius 3 is 2.57 bits per heavy atom. The predicted molar refractivity (Wildman–Crippen MR) is 81.9 cm³/mol. The molecule has 1 aromatic rings. The molecule has 1 aromatic heterocycles. The van der Waals surface area contributed by atoms with Crippen molar-refractivity contribution in [2.45, 2.75) is 57.6 Å².